The monoisotopic (exact) mass is 349 g/mol. The highest BCUT2D eigenvalue weighted by Crippen LogP contribution is 2.17. The van der Waals surface area contributed by atoms with Crippen LogP contribution >= 0.6 is 0 Å². The van der Waals surface area contributed by atoms with E-state index in [9.17, 15) is 18.4 Å². The van der Waals surface area contributed by atoms with E-state index in [2.05, 4.69) is 15.3 Å². The largest absolute Gasteiger partial charge is 0.351 e. The smallest absolute Gasteiger partial charge is 0.264 e. The van der Waals surface area contributed by atoms with E-state index in [4.69, 9.17) is 0 Å². The predicted octanol–water partition coefficient (Wildman–Crippen LogP) is 2.63. The first-order valence-corrected chi connectivity index (χ1v) is 7.93. The van der Waals surface area contributed by atoms with Crippen LogP contribution in [0.3, 0.4) is 0 Å². The number of hydrogen-bond acceptors (Lipinski definition) is 3. The molecule has 2 aromatic rings. The van der Waals surface area contributed by atoms with E-state index in [1.165, 1.54) is 6.07 Å². The minimum absolute atomic E-state index is 0.0624. The lowest BCUT2D eigenvalue weighted by Gasteiger charge is -2.18. The highest BCUT2D eigenvalue weighted by molar-refractivity contribution is 5.94. The fourth-order valence-electron chi connectivity index (χ4n) is 2.33. The van der Waals surface area contributed by atoms with Gasteiger partial charge in [0.05, 0.1) is 5.69 Å². The Morgan fingerprint density at radius 1 is 1.28 bits per heavy atom. The van der Waals surface area contributed by atoms with Gasteiger partial charge in [0.15, 0.2) is 0 Å². The van der Waals surface area contributed by atoms with Gasteiger partial charge in [0.25, 0.3) is 11.5 Å². The maximum atomic E-state index is 13.6. The van der Waals surface area contributed by atoms with Crippen LogP contribution < -0.4 is 10.9 Å². The Morgan fingerprint density at radius 3 is 2.52 bits per heavy atom. The first-order chi connectivity index (χ1) is 11.6. The van der Waals surface area contributed by atoms with Crippen molar-refractivity contribution in [1.82, 2.24) is 15.3 Å². The minimum atomic E-state index is -0.667. The number of halogens is 2. The molecule has 1 aromatic carbocycles. The standard InChI is InChI=1S/C18H21F2N3O2/c1-10-14(16(25)23-17(22-10)18(2,3)4)15(24)21-8-7-11-5-6-12(19)9-13(11)20/h5-6,9H,7-8H2,1-4H3,(H,21,24)(H,22,23,25). The topological polar surface area (TPSA) is 74.8 Å². The number of benzene rings is 1. The number of carbonyl (C=O) groups excluding carboxylic acids is 1. The van der Waals surface area contributed by atoms with Crippen LogP contribution in [0.5, 0.6) is 0 Å². The van der Waals surface area contributed by atoms with Crippen LogP contribution in [0.2, 0.25) is 0 Å². The molecule has 7 heteroatoms. The first-order valence-electron chi connectivity index (χ1n) is 7.93. The van der Waals surface area contributed by atoms with E-state index in [0.717, 1.165) is 12.1 Å². The van der Waals surface area contributed by atoms with E-state index in [1.54, 1.807) is 6.92 Å². The SMILES string of the molecule is Cc1nc(C(C)(C)C)[nH]c(=O)c1C(=O)NCCc1ccc(F)cc1F. The van der Waals surface area contributed by atoms with E-state index in [1.807, 2.05) is 20.8 Å². The first kappa shape index (κ1) is 18.8. The summed E-state index contributed by atoms with van der Waals surface area (Å²) < 4.78 is 26.4. The quantitative estimate of drug-likeness (QED) is 0.891. The molecule has 2 N–H and O–H groups in total. The van der Waals surface area contributed by atoms with Crippen LogP contribution in [0.25, 0.3) is 0 Å². The molecule has 134 valence electrons. The number of amides is 1. The third kappa shape index (κ3) is 4.49. The Morgan fingerprint density at radius 2 is 1.96 bits per heavy atom. The molecule has 0 spiro atoms. The zero-order valence-corrected chi connectivity index (χ0v) is 14.7. The third-order valence-corrected chi connectivity index (χ3v) is 3.73. The second-order valence-corrected chi connectivity index (χ2v) is 6.87. The highest BCUT2D eigenvalue weighted by atomic mass is 19.1. The van der Waals surface area contributed by atoms with Crippen molar-refractivity contribution in [2.45, 2.75) is 39.5 Å². The summed E-state index contributed by atoms with van der Waals surface area (Å²) in [6.07, 6.45) is 0.183. The van der Waals surface area contributed by atoms with Crippen molar-refractivity contribution in [2.75, 3.05) is 6.54 Å². The van der Waals surface area contributed by atoms with Gasteiger partial charge in [-0.3, -0.25) is 9.59 Å². The minimum Gasteiger partial charge on any atom is -0.351 e. The van der Waals surface area contributed by atoms with E-state index in [-0.39, 0.29) is 29.5 Å². The summed E-state index contributed by atoms with van der Waals surface area (Å²) in [6.45, 7) is 7.42. The molecule has 1 amide bonds. The number of hydrogen-bond donors (Lipinski definition) is 2. The number of aromatic amines is 1. The summed E-state index contributed by atoms with van der Waals surface area (Å²) in [5, 5.41) is 2.57. The molecule has 25 heavy (non-hydrogen) atoms. The molecule has 0 fully saturated rings. The molecule has 1 aromatic heterocycles. The van der Waals surface area contributed by atoms with Gasteiger partial charge in [0.1, 0.15) is 23.0 Å². The zero-order valence-electron chi connectivity index (χ0n) is 14.7. The van der Waals surface area contributed by atoms with Crippen molar-refractivity contribution in [2.24, 2.45) is 0 Å². The Kier molecular flexibility index (Phi) is 5.35. The molecule has 2 rings (SSSR count). The number of nitrogens with one attached hydrogen (secondary N) is 2. The number of H-pyrrole nitrogens is 1. The van der Waals surface area contributed by atoms with Crippen LogP contribution in [-0.2, 0) is 11.8 Å². The number of carbonyl (C=O) groups is 1. The second-order valence-electron chi connectivity index (χ2n) is 6.87. The van der Waals surface area contributed by atoms with Crippen LogP contribution in [0, 0.1) is 18.6 Å². The van der Waals surface area contributed by atoms with Crippen molar-refractivity contribution >= 4 is 5.91 Å². The molecule has 0 bridgehead atoms. The molecule has 0 atom stereocenters. The molecule has 0 aliphatic rings. The van der Waals surface area contributed by atoms with Gasteiger partial charge >= 0.3 is 0 Å². The van der Waals surface area contributed by atoms with Crippen molar-refractivity contribution in [3.05, 3.63) is 62.8 Å². The van der Waals surface area contributed by atoms with Gasteiger partial charge < -0.3 is 10.3 Å². The van der Waals surface area contributed by atoms with E-state index < -0.39 is 23.1 Å². The maximum Gasteiger partial charge on any atom is 0.264 e. The summed E-state index contributed by atoms with van der Waals surface area (Å²) in [6, 6.07) is 3.28. The van der Waals surface area contributed by atoms with Gasteiger partial charge in [-0.25, -0.2) is 13.8 Å². The normalized spacial score (nSPS) is 11.4. The lowest BCUT2D eigenvalue weighted by Crippen LogP contribution is -2.34. The molecule has 0 aliphatic heterocycles. The van der Waals surface area contributed by atoms with Crippen molar-refractivity contribution < 1.29 is 13.6 Å². The summed E-state index contributed by atoms with van der Waals surface area (Å²) in [7, 11) is 0. The van der Waals surface area contributed by atoms with Crippen LogP contribution in [0.15, 0.2) is 23.0 Å². The predicted molar refractivity (Wildman–Crippen MR) is 90.7 cm³/mol. The van der Waals surface area contributed by atoms with Crippen LogP contribution in [0.4, 0.5) is 8.78 Å². The molecular weight excluding hydrogens is 328 g/mol. The fraction of sp³-hybridized carbons (Fsp3) is 0.389. The van der Waals surface area contributed by atoms with Gasteiger partial charge in [-0.1, -0.05) is 26.8 Å². The Bertz CT molecular complexity index is 854. The molecule has 5 nitrogen and oxygen atoms in total. The number of nitrogens with zero attached hydrogens (tertiary/aromatic N) is 1. The zero-order chi connectivity index (χ0) is 18.8. The average Bonchev–Trinajstić information content (AvgIpc) is 2.47. The van der Waals surface area contributed by atoms with Crippen LogP contribution in [0.1, 0.15) is 48.2 Å². The molecule has 0 saturated carbocycles. The third-order valence-electron chi connectivity index (χ3n) is 3.73. The van der Waals surface area contributed by atoms with Gasteiger partial charge in [-0.15, -0.1) is 0 Å². The van der Waals surface area contributed by atoms with Gasteiger partial charge in [0, 0.05) is 18.0 Å². The number of aromatic nitrogens is 2. The lowest BCUT2D eigenvalue weighted by molar-refractivity contribution is 0.0951. The Labute approximate surface area is 144 Å². The van der Waals surface area contributed by atoms with E-state index in [0.29, 0.717) is 11.5 Å². The summed E-state index contributed by atoms with van der Waals surface area (Å²) in [5.41, 5.74) is -0.304. The maximum absolute atomic E-state index is 13.6. The van der Waals surface area contributed by atoms with E-state index >= 15 is 0 Å². The van der Waals surface area contributed by atoms with Crippen molar-refractivity contribution in [3.8, 4) is 0 Å². The summed E-state index contributed by atoms with van der Waals surface area (Å²) in [5.74, 6) is -1.40. The molecule has 1 heterocycles. The Balaban J connectivity index is 2.10. The molecule has 0 radical (unpaired) electrons. The molecular formula is C18H21F2N3O2. The Hall–Kier alpha value is -2.57. The van der Waals surface area contributed by atoms with Gasteiger partial charge in [-0.2, -0.15) is 0 Å². The second kappa shape index (κ2) is 7.13. The van der Waals surface area contributed by atoms with Crippen molar-refractivity contribution in [1.29, 1.82) is 0 Å². The fourth-order valence-corrected chi connectivity index (χ4v) is 2.33. The summed E-state index contributed by atoms with van der Waals surface area (Å²) in [4.78, 5) is 31.4. The average molecular weight is 349 g/mol. The molecule has 0 unspecified atom stereocenters. The molecule has 0 saturated heterocycles. The van der Waals surface area contributed by atoms with Gasteiger partial charge in [0.2, 0.25) is 0 Å². The van der Waals surface area contributed by atoms with Crippen LogP contribution in [-0.4, -0.2) is 22.4 Å². The number of rotatable bonds is 4. The van der Waals surface area contributed by atoms with Crippen molar-refractivity contribution in [3.63, 3.8) is 0 Å². The lowest BCUT2D eigenvalue weighted by atomic mass is 9.95. The van der Waals surface area contributed by atoms with Gasteiger partial charge in [-0.05, 0) is 25.0 Å². The summed E-state index contributed by atoms with van der Waals surface area (Å²) >= 11 is 0. The highest BCUT2D eigenvalue weighted by Gasteiger charge is 2.22. The molecule has 0 aliphatic carbocycles. The number of aryl methyl sites for hydroxylation is 1.